The van der Waals surface area contributed by atoms with Crippen molar-refractivity contribution in [2.75, 3.05) is 25.7 Å². The Labute approximate surface area is 218 Å². The lowest BCUT2D eigenvalue weighted by molar-refractivity contribution is 0.0600. The second-order valence-corrected chi connectivity index (χ2v) is 8.76. The third kappa shape index (κ3) is 5.28. The van der Waals surface area contributed by atoms with Gasteiger partial charge in [-0.25, -0.2) is 4.79 Å². The first kappa shape index (κ1) is 25.4. The highest BCUT2D eigenvalue weighted by Gasteiger charge is 2.28. The number of fused-ring (bicyclic) bond motifs is 1. The van der Waals surface area contributed by atoms with E-state index in [1.807, 2.05) is 30.3 Å². The largest absolute Gasteiger partial charge is 0.493 e. The molecule has 0 atom stereocenters. The van der Waals surface area contributed by atoms with Crippen LogP contribution in [0.25, 0.3) is 0 Å². The van der Waals surface area contributed by atoms with Crippen LogP contribution in [0, 0.1) is 0 Å². The van der Waals surface area contributed by atoms with E-state index in [1.165, 1.54) is 14.2 Å². The fraction of sp³-hybridized carbons (Fsp3) is 0.250. The van der Waals surface area contributed by atoms with Gasteiger partial charge < -0.3 is 19.1 Å². The zero-order valence-corrected chi connectivity index (χ0v) is 22.0. The molecule has 1 aliphatic heterocycles. The van der Waals surface area contributed by atoms with Gasteiger partial charge in [-0.3, -0.25) is 9.79 Å². The number of carbonyl (C=O) groups excluding carboxylic acids is 2. The highest BCUT2D eigenvalue weighted by Crippen LogP contribution is 2.38. The number of esters is 1. The Bertz CT molecular complexity index is 1320. The normalized spacial score (nSPS) is 12.5. The predicted molar refractivity (Wildman–Crippen MR) is 143 cm³/mol. The Kier molecular flexibility index (Phi) is 8.05. The van der Waals surface area contributed by atoms with Crippen molar-refractivity contribution in [2.45, 2.75) is 25.3 Å². The topological polar surface area (TPSA) is 77.4 Å². The molecule has 4 rings (SSSR count). The van der Waals surface area contributed by atoms with Crippen LogP contribution in [0.15, 0.2) is 59.6 Å². The number of anilines is 1. The summed E-state index contributed by atoms with van der Waals surface area (Å²) in [5.74, 6) is 0.312. The molecular weight excluding hydrogens is 524 g/mol. The van der Waals surface area contributed by atoms with Crippen LogP contribution in [0.4, 0.5) is 11.4 Å². The molecule has 8 heteroatoms. The molecule has 1 amide bonds. The maximum Gasteiger partial charge on any atom is 0.337 e. The molecule has 0 N–H and O–H groups in total. The number of para-hydroxylation sites is 1. The second kappa shape index (κ2) is 11.4. The molecule has 3 aromatic carbocycles. The summed E-state index contributed by atoms with van der Waals surface area (Å²) in [7, 11) is 2.88. The lowest BCUT2D eigenvalue weighted by Crippen LogP contribution is -2.29. The van der Waals surface area contributed by atoms with Crippen LogP contribution in [-0.2, 0) is 23.1 Å². The average Bonchev–Trinajstić information content (AvgIpc) is 3.35. The number of hydrogen-bond acceptors (Lipinski definition) is 6. The fourth-order valence-electron chi connectivity index (χ4n) is 4.25. The average molecular weight is 551 g/mol. The van der Waals surface area contributed by atoms with E-state index in [9.17, 15) is 9.59 Å². The van der Waals surface area contributed by atoms with Crippen LogP contribution in [-0.4, -0.2) is 38.9 Å². The van der Waals surface area contributed by atoms with Crippen molar-refractivity contribution in [1.82, 2.24) is 0 Å². The molecule has 0 spiro atoms. The van der Waals surface area contributed by atoms with Crippen molar-refractivity contribution in [3.05, 3.63) is 82.4 Å². The summed E-state index contributed by atoms with van der Waals surface area (Å²) in [4.78, 5) is 31.9. The number of nitrogens with zero attached hydrogens (tertiary/aromatic N) is 2. The summed E-state index contributed by atoms with van der Waals surface area (Å²) in [5.41, 5.74) is 5.16. The summed E-state index contributed by atoms with van der Waals surface area (Å²) in [6, 6.07) is 16.8. The lowest BCUT2D eigenvalue weighted by Gasteiger charge is -2.20. The first-order valence-corrected chi connectivity index (χ1v) is 12.6. The first-order chi connectivity index (χ1) is 17.5. The van der Waals surface area contributed by atoms with Gasteiger partial charge in [0.15, 0.2) is 11.5 Å². The molecule has 186 valence electrons. The van der Waals surface area contributed by atoms with Gasteiger partial charge in [0, 0.05) is 29.8 Å². The van der Waals surface area contributed by atoms with Crippen molar-refractivity contribution in [3.8, 4) is 11.5 Å². The van der Waals surface area contributed by atoms with Crippen molar-refractivity contribution in [3.63, 3.8) is 0 Å². The fourth-order valence-corrected chi connectivity index (χ4v) is 4.58. The van der Waals surface area contributed by atoms with E-state index in [-0.39, 0.29) is 12.5 Å². The van der Waals surface area contributed by atoms with Gasteiger partial charge in [0.2, 0.25) is 0 Å². The van der Waals surface area contributed by atoms with E-state index in [4.69, 9.17) is 14.2 Å². The molecule has 1 heterocycles. The van der Waals surface area contributed by atoms with E-state index in [1.54, 1.807) is 42.3 Å². The number of halogens is 1. The van der Waals surface area contributed by atoms with E-state index in [0.29, 0.717) is 40.2 Å². The van der Waals surface area contributed by atoms with E-state index in [0.717, 1.165) is 28.8 Å². The van der Waals surface area contributed by atoms with Crippen LogP contribution in [0.2, 0.25) is 0 Å². The number of ether oxygens (including phenoxy) is 3. The van der Waals surface area contributed by atoms with Gasteiger partial charge in [-0.15, -0.1) is 0 Å². The summed E-state index contributed by atoms with van der Waals surface area (Å²) in [6.45, 7) is 2.59. The Morgan fingerprint density at radius 1 is 1.06 bits per heavy atom. The van der Waals surface area contributed by atoms with Crippen molar-refractivity contribution < 1.29 is 23.8 Å². The number of carbonyl (C=O) groups is 2. The summed E-state index contributed by atoms with van der Waals surface area (Å²) in [5, 5.41) is 0.583. The monoisotopic (exact) mass is 550 g/mol. The van der Waals surface area contributed by atoms with Crippen molar-refractivity contribution in [2.24, 2.45) is 4.99 Å². The van der Waals surface area contributed by atoms with E-state index < -0.39 is 5.97 Å². The molecule has 0 aromatic heterocycles. The minimum atomic E-state index is -0.414. The zero-order valence-electron chi connectivity index (χ0n) is 20.4. The Morgan fingerprint density at radius 2 is 1.83 bits per heavy atom. The summed E-state index contributed by atoms with van der Waals surface area (Å²) >= 11 is 3.44. The maximum absolute atomic E-state index is 13.6. The molecule has 0 aliphatic carbocycles. The van der Waals surface area contributed by atoms with Gasteiger partial charge in [-0.2, -0.15) is 0 Å². The van der Waals surface area contributed by atoms with Gasteiger partial charge >= 0.3 is 5.97 Å². The molecule has 7 nitrogen and oxygen atoms in total. The van der Waals surface area contributed by atoms with Crippen LogP contribution in [0.1, 0.15) is 44.3 Å². The quantitative estimate of drug-likeness (QED) is 0.199. The standard InChI is InChI=1S/C28H27BrN2O5/c1-4-30-23-15-26(36-17-19-11-18(16-29)12-21(13-19)28(33)35-3)25(34-2)14-22(23)27(32)31-10-9-20-7-5-6-8-24(20)31/h4-8,11-15H,9-10,16-17H2,1-3H3/b30-4-. The highest BCUT2D eigenvalue weighted by molar-refractivity contribution is 9.08. The van der Waals surface area contributed by atoms with Gasteiger partial charge in [0.05, 0.1) is 31.0 Å². The summed E-state index contributed by atoms with van der Waals surface area (Å²) < 4.78 is 16.5. The molecule has 36 heavy (non-hydrogen) atoms. The number of rotatable bonds is 8. The SMILES string of the molecule is C/C=N\c1cc(OCc2cc(CBr)cc(C(=O)OC)c2)c(OC)cc1C(=O)N1CCc2ccccc21. The molecule has 0 unspecified atom stereocenters. The Hall–Kier alpha value is -3.65. The number of alkyl halides is 1. The molecule has 0 fully saturated rings. The first-order valence-electron chi connectivity index (χ1n) is 11.5. The van der Waals surface area contributed by atoms with Crippen LogP contribution in [0.5, 0.6) is 11.5 Å². The maximum atomic E-state index is 13.6. The number of amides is 1. The number of hydrogen-bond donors (Lipinski definition) is 0. The van der Waals surface area contributed by atoms with E-state index >= 15 is 0 Å². The summed E-state index contributed by atoms with van der Waals surface area (Å²) in [6.07, 6.45) is 2.45. The molecule has 0 saturated heterocycles. The highest BCUT2D eigenvalue weighted by atomic mass is 79.9. The van der Waals surface area contributed by atoms with E-state index in [2.05, 4.69) is 20.9 Å². The molecule has 1 aliphatic rings. The van der Waals surface area contributed by atoms with Gasteiger partial charge in [0.1, 0.15) is 6.61 Å². The molecule has 3 aromatic rings. The predicted octanol–water partition coefficient (Wildman–Crippen LogP) is 5.88. The Morgan fingerprint density at radius 3 is 2.56 bits per heavy atom. The number of benzene rings is 3. The molecule has 0 saturated carbocycles. The molecular formula is C28H27BrN2O5. The lowest BCUT2D eigenvalue weighted by atomic mass is 10.1. The van der Waals surface area contributed by atoms with Gasteiger partial charge in [0.25, 0.3) is 5.91 Å². The molecule has 0 bridgehead atoms. The van der Waals surface area contributed by atoms with Gasteiger partial charge in [-0.05, 0) is 54.3 Å². The smallest absolute Gasteiger partial charge is 0.337 e. The van der Waals surface area contributed by atoms with Crippen LogP contribution >= 0.6 is 15.9 Å². The van der Waals surface area contributed by atoms with Crippen molar-refractivity contribution >= 4 is 45.4 Å². The Balaban J connectivity index is 1.65. The van der Waals surface area contributed by atoms with Crippen LogP contribution in [0.3, 0.4) is 0 Å². The second-order valence-electron chi connectivity index (χ2n) is 8.20. The van der Waals surface area contributed by atoms with Crippen LogP contribution < -0.4 is 14.4 Å². The minimum Gasteiger partial charge on any atom is -0.493 e. The third-order valence-corrected chi connectivity index (χ3v) is 6.58. The minimum absolute atomic E-state index is 0.141. The van der Waals surface area contributed by atoms with Gasteiger partial charge in [-0.1, -0.05) is 40.2 Å². The third-order valence-electron chi connectivity index (χ3n) is 5.94. The number of methoxy groups -OCH3 is 2. The zero-order chi connectivity index (χ0) is 25.7. The van der Waals surface area contributed by atoms with Crippen molar-refractivity contribution in [1.29, 1.82) is 0 Å². The molecule has 0 radical (unpaired) electrons. The number of aliphatic imine (C=N–C) groups is 1.